The van der Waals surface area contributed by atoms with E-state index in [0.717, 1.165) is 38.6 Å². The molecule has 3 rings (SSSR count). The number of likely N-dealkylation sites (tertiary alicyclic amines) is 1. The predicted molar refractivity (Wildman–Crippen MR) is 80.4 cm³/mol. The lowest BCUT2D eigenvalue weighted by molar-refractivity contribution is -0.00544. The van der Waals surface area contributed by atoms with Crippen molar-refractivity contribution in [2.45, 2.75) is 38.2 Å². The zero-order valence-electron chi connectivity index (χ0n) is 12.5. The third-order valence-corrected chi connectivity index (χ3v) is 5.09. The number of hydrogen-bond donors (Lipinski definition) is 1. The lowest BCUT2D eigenvalue weighted by Gasteiger charge is -2.42. The number of rotatable bonds is 2. The summed E-state index contributed by atoms with van der Waals surface area (Å²) in [5, 5.41) is 10.3. The molecule has 1 amide bonds. The standard InChI is InChI=1S/C17H23NO3/c1-21-14-7-3-2-6-13(14)16(20)18-11-5-10-17(12-18)9-4-8-15(17)19/h2-3,6-7,15,19H,4-5,8-12H2,1H3/t15-,17+/m1/s1. The molecular formula is C17H23NO3. The van der Waals surface area contributed by atoms with E-state index in [9.17, 15) is 9.90 Å². The number of piperidine rings is 1. The van der Waals surface area contributed by atoms with E-state index < -0.39 is 0 Å². The normalized spacial score (nSPS) is 28.9. The van der Waals surface area contributed by atoms with Crippen LogP contribution in [-0.4, -0.2) is 42.2 Å². The first-order chi connectivity index (χ1) is 10.2. The van der Waals surface area contributed by atoms with E-state index in [4.69, 9.17) is 4.74 Å². The van der Waals surface area contributed by atoms with Crippen molar-refractivity contribution in [1.29, 1.82) is 0 Å². The highest BCUT2D eigenvalue weighted by atomic mass is 16.5. The molecule has 21 heavy (non-hydrogen) atoms. The van der Waals surface area contributed by atoms with Gasteiger partial charge in [0.1, 0.15) is 5.75 Å². The number of ether oxygens (including phenoxy) is 1. The van der Waals surface area contributed by atoms with Gasteiger partial charge in [0.2, 0.25) is 0 Å². The third-order valence-electron chi connectivity index (χ3n) is 5.09. The zero-order valence-corrected chi connectivity index (χ0v) is 12.5. The molecule has 0 radical (unpaired) electrons. The van der Waals surface area contributed by atoms with Crippen LogP contribution in [0.2, 0.25) is 0 Å². The molecule has 1 heterocycles. The van der Waals surface area contributed by atoms with Gasteiger partial charge >= 0.3 is 0 Å². The summed E-state index contributed by atoms with van der Waals surface area (Å²) >= 11 is 0. The van der Waals surface area contributed by atoms with E-state index in [1.54, 1.807) is 7.11 Å². The van der Waals surface area contributed by atoms with Gasteiger partial charge in [0.15, 0.2) is 0 Å². The summed E-state index contributed by atoms with van der Waals surface area (Å²) in [5.41, 5.74) is 0.542. The van der Waals surface area contributed by atoms with Gasteiger partial charge in [-0.2, -0.15) is 0 Å². The Hall–Kier alpha value is -1.55. The number of carbonyl (C=O) groups excluding carboxylic acids is 1. The molecule has 114 valence electrons. The Morgan fingerprint density at radius 3 is 2.81 bits per heavy atom. The first kappa shape index (κ1) is 14.4. The van der Waals surface area contributed by atoms with Crippen LogP contribution in [0.25, 0.3) is 0 Å². The molecule has 4 nitrogen and oxygen atoms in total. The lowest BCUT2D eigenvalue weighted by Crippen LogP contribution is -2.49. The average Bonchev–Trinajstić information content (AvgIpc) is 2.87. The van der Waals surface area contributed by atoms with Gasteiger partial charge in [-0.15, -0.1) is 0 Å². The number of para-hydroxylation sites is 1. The molecule has 1 aliphatic heterocycles. The number of hydrogen-bond acceptors (Lipinski definition) is 3. The van der Waals surface area contributed by atoms with Gasteiger partial charge < -0.3 is 14.7 Å². The Balaban J connectivity index is 1.81. The topological polar surface area (TPSA) is 49.8 Å². The number of aliphatic hydroxyl groups is 1. The molecule has 1 spiro atoms. The first-order valence-corrected chi connectivity index (χ1v) is 7.77. The van der Waals surface area contributed by atoms with Crippen LogP contribution in [0.3, 0.4) is 0 Å². The van der Waals surface area contributed by atoms with Crippen LogP contribution < -0.4 is 4.74 Å². The van der Waals surface area contributed by atoms with Crippen LogP contribution >= 0.6 is 0 Å². The summed E-state index contributed by atoms with van der Waals surface area (Å²) in [6.07, 6.45) is 4.71. The quantitative estimate of drug-likeness (QED) is 0.910. The van der Waals surface area contributed by atoms with E-state index in [0.29, 0.717) is 17.9 Å². The van der Waals surface area contributed by atoms with E-state index in [-0.39, 0.29) is 17.4 Å². The summed E-state index contributed by atoms with van der Waals surface area (Å²) < 4.78 is 5.30. The van der Waals surface area contributed by atoms with Gasteiger partial charge in [0.25, 0.3) is 5.91 Å². The molecule has 1 aromatic carbocycles. The number of nitrogens with zero attached hydrogens (tertiary/aromatic N) is 1. The minimum atomic E-state index is -0.259. The van der Waals surface area contributed by atoms with Crippen molar-refractivity contribution in [3.8, 4) is 5.75 Å². The molecule has 0 aromatic heterocycles. The number of benzene rings is 1. The minimum Gasteiger partial charge on any atom is -0.496 e. The first-order valence-electron chi connectivity index (χ1n) is 7.77. The van der Waals surface area contributed by atoms with E-state index in [2.05, 4.69) is 0 Å². The maximum absolute atomic E-state index is 12.8. The summed E-state index contributed by atoms with van der Waals surface area (Å²) in [6.45, 7) is 1.44. The Bertz CT molecular complexity index is 531. The van der Waals surface area contributed by atoms with Crippen LogP contribution in [0.15, 0.2) is 24.3 Å². The molecule has 0 unspecified atom stereocenters. The van der Waals surface area contributed by atoms with Gasteiger partial charge in [0, 0.05) is 18.5 Å². The molecule has 2 atom stereocenters. The Morgan fingerprint density at radius 2 is 2.10 bits per heavy atom. The molecule has 1 aromatic rings. The van der Waals surface area contributed by atoms with Gasteiger partial charge in [-0.3, -0.25) is 4.79 Å². The van der Waals surface area contributed by atoms with Crippen LogP contribution in [-0.2, 0) is 0 Å². The molecule has 4 heteroatoms. The molecule has 1 saturated heterocycles. The molecule has 1 saturated carbocycles. The van der Waals surface area contributed by atoms with E-state index in [1.165, 1.54) is 0 Å². The highest BCUT2D eigenvalue weighted by Gasteiger charge is 2.45. The fourth-order valence-corrected chi connectivity index (χ4v) is 3.92. The molecular weight excluding hydrogens is 266 g/mol. The van der Waals surface area contributed by atoms with Crippen molar-refractivity contribution in [3.63, 3.8) is 0 Å². The van der Waals surface area contributed by atoms with E-state index in [1.807, 2.05) is 29.2 Å². The van der Waals surface area contributed by atoms with E-state index >= 15 is 0 Å². The van der Waals surface area contributed by atoms with Gasteiger partial charge in [0.05, 0.1) is 18.8 Å². The molecule has 2 fully saturated rings. The largest absolute Gasteiger partial charge is 0.496 e. The maximum Gasteiger partial charge on any atom is 0.257 e. The average molecular weight is 289 g/mol. The molecule has 1 N–H and O–H groups in total. The minimum absolute atomic E-state index is 0.0191. The Labute approximate surface area is 125 Å². The van der Waals surface area contributed by atoms with Crippen LogP contribution in [0, 0.1) is 5.41 Å². The summed E-state index contributed by atoms with van der Waals surface area (Å²) in [4.78, 5) is 14.7. The number of carbonyl (C=O) groups is 1. The van der Waals surface area contributed by atoms with Crippen molar-refractivity contribution >= 4 is 5.91 Å². The lowest BCUT2D eigenvalue weighted by atomic mass is 9.76. The van der Waals surface area contributed by atoms with Crippen molar-refractivity contribution in [2.75, 3.05) is 20.2 Å². The van der Waals surface area contributed by atoms with Crippen molar-refractivity contribution in [1.82, 2.24) is 4.90 Å². The second-order valence-corrected chi connectivity index (χ2v) is 6.30. The molecule has 1 aliphatic carbocycles. The Kier molecular flexibility index (Phi) is 3.89. The fraction of sp³-hybridized carbons (Fsp3) is 0.588. The van der Waals surface area contributed by atoms with Gasteiger partial charge in [-0.25, -0.2) is 0 Å². The second-order valence-electron chi connectivity index (χ2n) is 6.30. The maximum atomic E-state index is 12.8. The number of amides is 1. The Morgan fingerprint density at radius 1 is 1.33 bits per heavy atom. The van der Waals surface area contributed by atoms with Crippen molar-refractivity contribution < 1.29 is 14.6 Å². The number of aliphatic hydroxyl groups excluding tert-OH is 1. The highest BCUT2D eigenvalue weighted by Crippen LogP contribution is 2.45. The second kappa shape index (κ2) is 5.68. The summed E-state index contributed by atoms with van der Waals surface area (Å²) in [7, 11) is 1.59. The molecule has 2 aliphatic rings. The fourth-order valence-electron chi connectivity index (χ4n) is 3.92. The SMILES string of the molecule is COc1ccccc1C(=O)N1CCC[C@@]2(CCC[C@H]2O)C1. The summed E-state index contributed by atoms with van der Waals surface area (Å²) in [6, 6.07) is 7.36. The van der Waals surface area contributed by atoms with Crippen LogP contribution in [0.5, 0.6) is 5.75 Å². The zero-order chi connectivity index (χ0) is 14.9. The van der Waals surface area contributed by atoms with Crippen molar-refractivity contribution in [2.24, 2.45) is 5.41 Å². The van der Waals surface area contributed by atoms with Crippen molar-refractivity contribution in [3.05, 3.63) is 29.8 Å². The smallest absolute Gasteiger partial charge is 0.257 e. The molecule has 0 bridgehead atoms. The highest BCUT2D eigenvalue weighted by molar-refractivity contribution is 5.97. The van der Waals surface area contributed by atoms with Gasteiger partial charge in [-0.1, -0.05) is 18.6 Å². The third kappa shape index (κ3) is 2.53. The summed E-state index contributed by atoms with van der Waals surface area (Å²) in [5.74, 6) is 0.639. The van der Waals surface area contributed by atoms with Crippen LogP contribution in [0.4, 0.5) is 0 Å². The van der Waals surface area contributed by atoms with Gasteiger partial charge in [-0.05, 0) is 37.8 Å². The predicted octanol–water partition coefficient (Wildman–Crippen LogP) is 2.46. The van der Waals surface area contributed by atoms with Crippen LogP contribution in [0.1, 0.15) is 42.5 Å². The monoisotopic (exact) mass is 289 g/mol. The number of methoxy groups -OCH3 is 1.